The first kappa shape index (κ1) is 23.3. The molecule has 1 saturated heterocycles. The maximum absolute atomic E-state index is 13.6. The number of benzene rings is 2. The molecule has 9 heteroatoms. The molecule has 1 aliphatic heterocycles. The Morgan fingerprint density at radius 1 is 1.12 bits per heavy atom. The van der Waals surface area contributed by atoms with Gasteiger partial charge in [-0.25, -0.2) is 4.39 Å². The van der Waals surface area contributed by atoms with Gasteiger partial charge in [0.2, 0.25) is 5.91 Å². The summed E-state index contributed by atoms with van der Waals surface area (Å²) in [5, 5.41) is 12.4. The normalized spacial score (nSPS) is 15.2. The Morgan fingerprint density at radius 2 is 1.85 bits per heavy atom. The molecule has 1 amide bonds. The van der Waals surface area contributed by atoms with Gasteiger partial charge >= 0.3 is 0 Å². The highest BCUT2D eigenvalue weighted by Crippen LogP contribution is 2.30. The van der Waals surface area contributed by atoms with Gasteiger partial charge in [-0.05, 0) is 69.3 Å². The molecule has 0 spiro atoms. The van der Waals surface area contributed by atoms with Crippen molar-refractivity contribution < 1.29 is 13.9 Å². The molecule has 2 heterocycles. The number of anilines is 1. The van der Waals surface area contributed by atoms with Crippen LogP contribution in [0.15, 0.2) is 53.7 Å². The Labute approximate surface area is 197 Å². The number of ether oxygens (including phenoxy) is 1. The molecular weight excluding hydrogens is 441 g/mol. The lowest BCUT2D eigenvalue weighted by Crippen LogP contribution is -2.33. The highest BCUT2D eigenvalue weighted by atomic mass is 32.2. The molecule has 1 unspecified atom stereocenters. The number of hydrogen-bond donors (Lipinski definition) is 1. The fourth-order valence-electron chi connectivity index (χ4n) is 4.01. The quantitative estimate of drug-likeness (QED) is 0.483. The van der Waals surface area contributed by atoms with Crippen molar-refractivity contribution in [1.82, 2.24) is 19.7 Å². The van der Waals surface area contributed by atoms with E-state index in [-0.39, 0.29) is 23.5 Å². The molecule has 0 aliphatic carbocycles. The number of rotatable bonds is 8. The molecule has 174 valence electrons. The average molecular weight is 470 g/mol. The predicted molar refractivity (Wildman–Crippen MR) is 128 cm³/mol. The average Bonchev–Trinajstić information content (AvgIpc) is 3.27. The molecule has 0 radical (unpaired) electrons. The van der Waals surface area contributed by atoms with Gasteiger partial charge < -0.3 is 10.1 Å². The second-order valence-electron chi connectivity index (χ2n) is 7.96. The Hall–Kier alpha value is -2.91. The minimum Gasteiger partial charge on any atom is -0.495 e. The van der Waals surface area contributed by atoms with Crippen LogP contribution in [0.4, 0.5) is 10.1 Å². The number of hydrogen-bond acceptors (Lipinski definition) is 6. The van der Waals surface area contributed by atoms with Crippen LogP contribution in [0.25, 0.3) is 5.69 Å². The zero-order valence-electron chi connectivity index (χ0n) is 18.8. The Balaban J connectivity index is 1.55. The van der Waals surface area contributed by atoms with Crippen LogP contribution in [0.1, 0.15) is 38.1 Å². The molecule has 7 nitrogen and oxygen atoms in total. The molecule has 1 aliphatic rings. The number of para-hydroxylation sites is 2. The summed E-state index contributed by atoms with van der Waals surface area (Å²) in [5.74, 6) is 1.06. The van der Waals surface area contributed by atoms with Crippen LogP contribution in [0.3, 0.4) is 0 Å². The lowest BCUT2D eigenvalue weighted by atomic mass is 10.1. The third kappa shape index (κ3) is 5.54. The number of piperidine rings is 1. The number of nitrogens with one attached hydrogen (secondary N) is 1. The second-order valence-corrected chi connectivity index (χ2v) is 8.90. The first-order chi connectivity index (χ1) is 16.1. The zero-order chi connectivity index (χ0) is 23.2. The molecule has 33 heavy (non-hydrogen) atoms. The number of halogens is 1. The monoisotopic (exact) mass is 469 g/mol. The second kappa shape index (κ2) is 10.8. The third-order valence-electron chi connectivity index (χ3n) is 5.77. The molecule has 4 rings (SSSR count). The van der Waals surface area contributed by atoms with Crippen molar-refractivity contribution in [3.63, 3.8) is 0 Å². The number of carbonyl (C=O) groups excluding carboxylic acids is 1. The van der Waals surface area contributed by atoms with Crippen LogP contribution in [0, 0.1) is 5.82 Å². The predicted octanol–water partition coefficient (Wildman–Crippen LogP) is 4.69. The van der Waals surface area contributed by atoms with Gasteiger partial charge in [-0.1, -0.05) is 30.3 Å². The van der Waals surface area contributed by atoms with Crippen LogP contribution >= 0.6 is 11.8 Å². The van der Waals surface area contributed by atoms with E-state index in [0.29, 0.717) is 16.6 Å². The Bertz CT molecular complexity index is 1080. The maximum atomic E-state index is 13.6. The van der Waals surface area contributed by atoms with Crippen molar-refractivity contribution in [2.45, 2.75) is 37.4 Å². The van der Waals surface area contributed by atoms with E-state index < -0.39 is 0 Å². The topological polar surface area (TPSA) is 72.3 Å². The lowest BCUT2D eigenvalue weighted by Gasteiger charge is -2.31. The van der Waals surface area contributed by atoms with Gasteiger partial charge in [0.25, 0.3) is 0 Å². The number of thioether (sulfide) groups is 1. The van der Waals surface area contributed by atoms with E-state index in [1.165, 1.54) is 43.2 Å². The van der Waals surface area contributed by atoms with Crippen LogP contribution in [-0.2, 0) is 4.79 Å². The van der Waals surface area contributed by atoms with Crippen LogP contribution < -0.4 is 10.1 Å². The zero-order valence-corrected chi connectivity index (χ0v) is 19.6. The van der Waals surface area contributed by atoms with Gasteiger partial charge in [0.1, 0.15) is 11.6 Å². The number of likely N-dealkylation sites (tertiary alicyclic amines) is 1. The number of aromatic nitrogens is 3. The molecule has 1 aromatic heterocycles. The van der Waals surface area contributed by atoms with E-state index in [2.05, 4.69) is 27.3 Å². The van der Waals surface area contributed by atoms with E-state index in [1.54, 1.807) is 31.4 Å². The first-order valence-corrected chi connectivity index (χ1v) is 12.1. The number of methoxy groups -OCH3 is 1. The van der Waals surface area contributed by atoms with Gasteiger partial charge in [-0.3, -0.25) is 14.3 Å². The van der Waals surface area contributed by atoms with E-state index in [1.807, 2.05) is 16.7 Å². The van der Waals surface area contributed by atoms with Crippen LogP contribution in [0.5, 0.6) is 5.75 Å². The van der Waals surface area contributed by atoms with E-state index in [9.17, 15) is 9.18 Å². The highest BCUT2D eigenvalue weighted by Gasteiger charge is 2.26. The van der Waals surface area contributed by atoms with Crippen molar-refractivity contribution in [3.05, 3.63) is 60.2 Å². The Morgan fingerprint density at radius 3 is 2.58 bits per heavy atom. The highest BCUT2D eigenvalue weighted by molar-refractivity contribution is 7.99. The van der Waals surface area contributed by atoms with Crippen LogP contribution in [0.2, 0.25) is 0 Å². The largest absolute Gasteiger partial charge is 0.495 e. The van der Waals surface area contributed by atoms with E-state index in [0.717, 1.165) is 24.6 Å². The molecular formula is C24H28FN5O2S. The van der Waals surface area contributed by atoms with Crippen molar-refractivity contribution in [2.24, 2.45) is 0 Å². The lowest BCUT2D eigenvalue weighted by molar-refractivity contribution is -0.113. The van der Waals surface area contributed by atoms with E-state index >= 15 is 0 Å². The van der Waals surface area contributed by atoms with Gasteiger partial charge in [0.05, 0.1) is 24.6 Å². The van der Waals surface area contributed by atoms with Gasteiger partial charge in [-0.2, -0.15) is 0 Å². The molecule has 2 aromatic carbocycles. The maximum Gasteiger partial charge on any atom is 0.234 e. The summed E-state index contributed by atoms with van der Waals surface area (Å²) in [6.45, 7) is 4.15. The summed E-state index contributed by atoms with van der Waals surface area (Å²) in [6, 6.07) is 13.6. The fourth-order valence-corrected chi connectivity index (χ4v) is 4.77. The third-order valence-corrected chi connectivity index (χ3v) is 6.70. The summed E-state index contributed by atoms with van der Waals surface area (Å²) in [7, 11) is 1.57. The van der Waals surface area contributed by atoms with E-state index in [4.69, 9.17) is 4.74 Å². The summed E-state index contributed by atoms with van der Waals surface area (Å²) in [4.78, 5) is 15.0. The molecule has 1 fully saturated rings. The van der Waals surface area contributed by atoms with Crippen molar-refractivity contribution >= 4 is 23.4 Å². The summed E-state index contributed by atoms with van der Waals surface area (Å²) >= 11 is 1.30. The smallest absolute Gasteiger partial charge is 0.234 e. The molecule has 0 saturated carbocycles. The fraction of sp³-hybridized carbons (Fsp3) is 0.375. The minimum atomic E-state index is -0.303. The SMILES string of the molecule is COc1ccccc1NC(=O)CSc1nnc(C(C)N2CCCCC2)n1-c1ccc(F)cc1. The summed E-state index contributed by atoms with van der Waals surface area (Å²) in [6.07, 6.45) is 3.58. The van der Waals surface area contributed by atoms with Crippen molar-refractivity contribution in [2.75, 3.05) is 31.3 Å². The number of nitrogens with zero attached hydrogens (tertiary/aromatic N) is 4. The van der Waals surface area contributed by atoms with Gasteiger partial charge in [0.15, 0.2) is 11.0 Å². The molecule has 0 bridgehead atoms. The summed E-state index contributed by atoms with van der Waals surface area (Å²) < 4.78 is 20.8. The van der Waals surface area contributed by atoms with Crippen LogP contribution in [-0.4, -0.2) is 51.5 Å². The minimum absolute atomic E-state index is 0.0552. The standard InChI is InChI=1S/C24H28FN5O2S/c1-17(29-14-6-3-7-15-29)23-27-28-24(30(23)19-12-10-18(25)11-13-19)33-16-22(31)26-20-8-4-5-9-21(20)32-2/h4-5,8-13,17H,3,6-7,14-16H2,1-2H3,(H,26,31). The first-order valence-electron chi connectivity index (χ1n) is 11.1. The Kier molecular flexibility index (Phi) is 7.61. The number of amides is 1. The molecule has 3 aromatic rings. The van der Waals surface area contributed by atoms with Crippen molar-refractivity contribution in [3.8, 4) is 11.4 Å². The van der Waals surface area contributed by atoms with Gasteiger partial charge in [-0.15, -0.1) is 10.2 Å². The van der Waals surface area contributed by atoms with Gasteiger partial charge in [0, 0.05) is 5.69 Å². The molecule has 1 N–H and O–H groups in total. The molecule has 1 atom stereocenters. The summed E-state index contributed by atoms with van der Waals surface area (Å²) in [5.41, 5.74) is 1.39. The van der Waals surface area contributed by atoms with Crippen molar-refractivity contribution in [1.29, 1.82) is 0 Å². The number of carbonyl (C=O) groups is 1.